The second-order valence-electron chi connectivity index (χ2n) is 4.58. The maximum atomic E-state index is 13.7. The summed E-state index contributed by atoms with van der Waals surface area (Å²) < 4.78 is 18.9. The van der Waals surface area contributed by atoms with E-state index in [-0.39, 0.29) is 24.8 Å². The summed E-state index contributed by atoms with van der Waals surface area (Å²) >= 11 is 0. The Morgan fingerprint density at radius 2 is 2.00 bits per heavy atom. The molecule has 0 fully saturated rings. The topological polar surface area (TPSA) is 64.3 Å². The van der Waals surface area contributed by atoms with Crippen LogP contribution in [0.1, 0.15) is 11.1 Å². The molecular formula is C16H17FN2O2. The van der Waals surface area contributed by atoms with Gasteiger partial charge in [0.1, 0.15) is 0 Å². The van der Waals surface area contributed by atoms with E-state index in [2.05, 4.69) is 5.32 Å². The number of halogens is 1. The first-order chi connectivity index (χ1) is 10.1. The maximum Gasteiger partial charge on any atom is 0.262 e. The maximum absolute atomic E-state index is 13.7. The van der Waals surface area contributed by atoms with Crippen LogP contribution in [0.5, 0.6) is 5.75 Å². The van der Waals surface area contributed by atoms with E-state index in [9.17, 15) is 9.18 Å². The first-order valence-electron chi connectivity index (χ1n) is 6.57. The Labute approximate surface area is 122 Å². The fourth-order valence-corrected chi connectivity index (χ4v) is 1.91. The van der Waals surface area contributed by atoms with Gasteiger partial charge in [-0.3, -0.25) is 4.79 Å². The molecule has 0 heterocycles. The first kappa shape index (κ1) is 15.0. The molecule has 0 unspecified atom stereocenters. The van der Waals surface area contributed by atoms with E-state index in [0.717, 1.165) is 5.56 Å². The molecule has 0 saturated heterocycles. The lowest BCUT2D eigenvalue weighted by molar-refractivity contribution is -0.118. The Bertz CT molecular complexity index is 644. The zero-order valence-electron chi connectivity index (χ0n) is 11.7. The Hall–Kier alpha value is -2.40. The van der Waals surface area contributed by atoms with E-state index in [1.165, 1.54) is 6.07 Å². The highest BCUT2D eigenvalue weighted by Crippen LogP contribution is 2.22. The fraction of sp³-hybridized carbons (Fsp3) is 0.188. The molecule has 3 N–H and O–H groups in total. The van der Waals surface area contributed by atoms with Gasteiger partial charge in [-0.25, -0.2) is 4.39 Å². The van der Waals surface area contributed by atoms with Crippen LogP contribution in [0, 0.1) is 12.7 Å². The SMILES string of the molecule is Cc1ccccc1NC(=O)COc1c(F)cccc1CN. The monoisotopic (exact) mass is 288 g/mol. The number of para-hydroxylation sites is 2. The number of carbonyl (C=O) groups excluding carboxylic acids is 1. The van der Waals surface area contributed by atoms with Crippen LogP contribution in [0.4, 0.5) is 10.1 Å². The van der Waals surface area contributed by atoms with Gasteiger partial charge < -0.3 is 15.8 Å². The largest absolute Gasteiger partial charge is 0.480 e. The van der Waals surface area contributed by atoms with Crippen molar-refractivity contribution >= 4 is 11.6 Å². The van der Waals surface area contributed by atoms with Crippen LogP contribution in [0.2, 0.25) is 0 Å². The Balaban J connectivity index is 2.01. The molecule has 1 amide bonds. The van der Waals surface area contributed by atoms with Gasteiger partial charge in [0.2, 0.25) is 0 Å². The van der Waals surface area contributed by atoms with Crippen molar-refractivity contribution in [2.75, 3.05) is 11.9 Å². The van der Waals surface area contributed by atoms with Crippen LogP contribution in [-0.4, -0.2) is 12.5 Å². The molecule has 0 aliphatic carbocycles. The highest BCUT2D eigenvalue weighted by molar-refractivity contribution is 5.92. The summed E-state index contributed by atoms with van der Waals surface area (Å²) in [5.74, 6) is -0.850. The van der Waals surface area contributed by atoms with Crippen molar-refractivity contribution in [1.29, 1.82) is 0 Å². The molecule has 2 rings (SSSR count). The van der Waals surface area contributed by atoms with Gasteiger partial charge in [0.25, 0.3) is 5.91 Å². The summed E-state index contributed by atoms with van der Waals surface area (Å²) in [6, 6.07) is 11.9. The van der Waals surface area contributed by atoms with Crippen LogP contribution in [0.3, 0.4) is 0 Å². The fourth-order valence-electron chi connectivity index (χ4n) is 1.91. The number of ether oxygens (including phenoxy) is 1. The van der Waals surface area contributed by atoms with Crippen molar-refractivity contribution < 1.29 is 13.9 Å². The lowest BCUT2D eigenvalue weighted by atomic mass is 10.2. The Morgan fingerprint density at radius 3 is 2.71 bits per heavy atom. The number of rotatable bonds is 5. The van der Waals surface area contributed by atoms with Crippen molar-refractivity contribution in [2.24, 2.45) is 5.73 Å². The quantitative estimate of drug-likeness (QED) is 0.889. The summed E-state index contributed by atoms with van der Waals surface area (Å²) in [6.07, 6.45) is 0. The van der Waals surface area contributed by atoms with Gasteiger partial charge in [0, 0.05) is 17.8 Å². The highest BCUT2D eigenvalue weighted by atomic mass is 19.1. The van der Waals surface area contributed by atoms with Crippen molar-refractivity contribution in [3.05, 3.63) is 59.4 Å². The second-order valence-corrected chi connectivity index (χ2v) is 4.58. The number of amides is 1. The smallest absolute Gasteiger partial charge is 0.262 e. The third-order valence-electron chi connectivity index (χ3n) is 3.04. The molecule has 0 bridgehead atoms. The molecule has 0 aromatic heterocycles. The molecule has 0 radical (unpaired) electrons. The number of anilines is 1. The molecule has 2 aromatic rings. The summed E-state index contributed by atoms with van der Waals surface area (Å²) in [7, 11) is 0. The summed E-state index contributed by atoms with van der Waals surface area (Å²) in [6.45, 7) is 1.76. The van der Waals surface area contributed by atoms with Crippen molar-refractivity contribution in [3.8, 4) is 5.75 Å². The standard InChI is InChI=1S/C16H17FN2O2/c1-11-5-2-3-8-14(11)19-15(20)10-21-16-12(9-18)6-4-7-13(16)17/h2-8H,9-10,18H2,1H3,(H,19,20). The zero-order chi connectivity index (χ0) is 15.2. The van der Waals surface area contributed by atoms with Crippen LogP contribution in [0.15, 0.2) is 42.5 Å². The van der Waals surface area contributed by atoms with Crippen LogP contribution < -0.4 is 15.8 Å². The summed E-state index contributed by atoms with van der Waals surface area (Å²) in [4.78, 5) is 11.9. The molecule has 0 aliphatic heterocycles. The number of hydrogen-bond acceptors (Lipinski definition) is 3. The molecule has 4 nitrogen and oxygen atoms in total. The van der Waals surface area contributed by atoms with Gasteiger partial charge in [-0.1, -0.05) is 30.3 Å². The molecule has 21 heavy (non-hydrogen) atoms. The number of nitrogens with one attached hydrogen (secondary N) is 1. The number of nitrogens with two attached hydrogens (primary N) is 1. The van der Waals surface area contributed by atoms with E-state index < -0.39 is 5.82 Å². The average molecular weight is 288 g/mol. The predicted molar refractivity (Wildman–Crippen MR) is 79.6 cm³/mol. The normalized spacial score (nSPS) is 10.2. The molecule has 0 aliphatic rings. The van der Waals surface area contributed by atoms with Gasteiger partial charge in [0.05, 0.1) is 0 Å². The molecule has 0 spiro atoms. The molecule has 0 saturated carbocycles. The first-order valence-corrected chi connectivity index (χ1v) is 6.57. The van der Waals surface area contributed by atoms with Crippen molar-refractivity contribution in [3.63, 3.8) is 0 Å². The Morgan fingerprint density at radius 1 is 1.24 bits per heavy atom. The summed E-state index contributed by atoms with van der Waals surface area (Å²) in [5, 5.41) is 2.72. The highest BCUT2D eigenvalue weighted by Gasteiger charge is 2.11. The lowest BCUT2D eigenvalue weighted by Gasteiger charge is -2.12. The van der Waals surface area contributed by atoms with E-state index >= 15 is 0 Å². The van der Waals surface area contributed by atoms with Crippen LogP contribution >= 0.6 is 0 Å². The van der Waals surface area contributed by atoms with Crippen LogP contribution in [-0.2, 0) is 11.3 Å². The molecule has 2 aromatic carbocycles. The number of carbonyl (C=O) groups is 1. The van der Waals surface area contributed by atoms with E-state index in [1.807, 2.05) is 25.1 Å². The minimum absolute atomic E-state index is 0.0277. The molecule has 0 atom stereocenters. The third-order valence-corrected chi connectivity index (χ3v) is 3.04. The van der Waals surface area contributed by atoms with Gasteiger partial charge >= 0.3 is 0 Å². The minimum atomic E-state index is -0.526. The second kappa shape index (κ2) is 6.85. The number of aryl methyl sites for hydroxylation is 1. The molecular weight excluding hydrogens is 271 g/mol. The van der Waals surface area contributed by atoms with Gasteiger partial charge in [-0.05, 0) is 24.6 Å². The zero-order valence-corrected chi connectivity index (χ0v) is 11.7. The van der Waals surface area contributed by atoms with E-state index in [1.54, 1.807) is 18.2 Å². The predicted octanol–water partition coefficient (Wildman–Crippen LogP) is 2.61. The average Bonchev–Trinajstić information content (AvgIpc) is 2.48. The van der Waals surface area contributed by atoms with Gasteiger partial charge in [0.15, 0.2) is 18.2 Å². The lowest BCUT2D eigenvalue weighted by Crippen LogP contribution is -2.21. The Kier molecular flexibility index (Phi) is 4.90. The van der Waals surface area contributed by atoms with Crippen molar-refractivity contribution in [2.45, 2.75) is 13.5 Å². The number of hydrogen-bond donors (Lipinski definition) is 2. The van der Waals surface area contributed by atoms with Gasteiger partial charge in [-0.15, -0.1) is 0 Å². The van der Waals surface area contributed by atoms with Gasteiger partial charge in [-0.2, -0.15) is 0 Å². The molecule has 5 heteroatoms. The summed E-state index contributed by atoms with van der Waals surface area (Å²) in [5.41, 5.74) is 7.70. The van der Waals surface area contributed by atoms with E-state index in [4.69, 9.17) is 10.5 Å². The molecule has 110 valence electrons. The van der Waals surface area contributed by atoms with Crippen molar-refractivity contribution in [1.82, 2.24) is 0 Å². The third kappa shape index (κ3) is 3.79. The number of benzene rings is 2. The van der Waals surface area contributed by atoms with E-state index in [0.29, 0.717) is 11.3 Å². The minimum Gasteiger partial charge on any atom is -0.480 e. The van der Waals surface area contributed by atoms with Crippen LogP contribution in [0.25, 0.3) is 0 Å².